The van der Waals surface area contributed by atoms with Crippen molar-refractivity contribution in [1.82, 2.24) is 14.9 Å². The van der Waals surface area contributed by atoms with E-state index in [1.165, 1.54) is 11.9 Å². The van der Waals surface area contributed by atoms with E-state index >= 15 is 0 Å². The highest BCUT2D eigenvalue weighted by molar-refractivity contribution is 6.41. The Morgan fingerprint density at radius 1 is 0.778 bits per heavy atom. The maximum Gasteiger partial charge on any atom is 0.262 e. The summed E-state index contributed by atoms with van der Waals surface area (Å²) >= 11 is 6.40. The van der Waals surface area contributed by atoms with E-state index in [4.69, 9.17) is 11.6 Å². The standard InChI is InChI=1S/C21H12ClN3O2/c1-25-20(26)15-13-9-5-2-3-8-12(9)23-18(13)19-14(16(15)21(25)27)10-6-4-7-11(22)17(10)24-19/h2-8,23-24H,1H3. The number of amides is 2. The normalized spacial score (nSPS) is 14.4. The van der Waals surface area contributed by atoms with Crippen LogP contribution >= 0.6 is 11.6 Å². The van der Waals surface area contributed by atoms with E-state index in [1.54, 1.807) is 6.07 Å². The zero-order valence-corrected chi connectivity index (χ0v) is 14.9. The third-order valence-corrected chi connectivity index (χ3v) is 5.84. The average Bonchev–Trinajstić information content (AvgIpc) is 3.30. The summed E-state index contributed by atoms with van der Waals surface area (Å²) in [5, 5.41) is 3.85. The fourth-order valence-corrected chi connectivity index (χ4v) is 4.55. The number of carbonyl (C=O) groups excluding carboxylic acids is 2. The molecule has 0 saturated heterocycles. The highest BCUT2D eigenvalue weighted by Crippen LogP contribution is 2.44. The quantitative estimate of drug-likeness (QED) is 0.381. The molecular weight excluding hydrogens is 362 g/mol. The molecule has 27 heavy (non-hydrogen) atoms. The van der Waals surface area contributed by atoms with Crippen LogP contribution in [0, 0.1) is 0 Å². The second kappa shape index (κ2) is 4.69. The molecular formula is C21H12ClN3O2. The molecule has 0 radical (unpaired) electrons. The van der Waals surface area contributed by atoms with Crippen molar-refractivity contribution in [3.63, 3.8) is 0 Å². The van der Waals surface area contributed by atoms with Gasteiger partial charge in [-0.25, -0.2) is 0 Å². The third kappa shape index (κ3) is 1.61. The summed E-state index contributed by atoms with van der Waals surface area (Å²) in [6.07, 6.45) is 0. The topological polar surface area (TPSA) is 69.0 Å². The lowest BCUT2D eigenvalue weighted by Crippen LogP contribution is -2.24. The molecule has 0 unspecified atom stereocenters. The van der Waals surface area contributed by atoms with Gasteiger partial charge in [-0.2, -0.15) is 0 Å². The van der Waals surface area contributed by atoms with Gasteiger partial charge in [-0.15, -0.1) is 0 Å². The zero-order chi connectivity index (χ0) is 18.4. The Morgan fingerprint density at radius 3 is 2.19 bits per heavy atom. The summed E-state index contributed by atoms with van der Waals surface area (Å²) in [4.78, 5) is 34.0. The number of aromatic amines is 2. The zero-order valence-electron chi connectivity index (χ0n) is 14.2. The number of H-pyrrole nitrogens is 2. The van der Waals surface area contributed by atoms with Crippen molar-refractivity contribution in [1.29, 1.82) is 0 Å². The van der Waals surface area contributed by atoms with Gasteiger partial charge in [0.05, 0.1) is 32.7 Å². The first-order chi connectivity index (χ1) is 13.1. The fraction of sp³-hybridized carbons (Fsp3) is 0.0476. The first-order valence-electron chi connectivity index (χ1n) is 8.56. The summed E-state index contributed by atoms with van der Waals surface area (Å²) < 4.78 is 0. The number of imide groups is 1. The Balaban J connectivity index is 2.02. The lowest BCUT2D eigenvalue weighted by molar-refractivity contribution is 0.0694. The minimum absolute atomic E-state index is 0.275. The Hall–Kier alpha value is -3.31. The molecule has 5 aromatic rings. The molecule has 2 N–H and O–H groups in total. The van der Waals surface area contributed by atoms with E-state index in [2.05, 4.69) is 9.97 Å². The van der Waals surface area contributed by atoms with Crippen molar-refractivity contribution < 1.29 is 9.59 Å². The van der Waals surface area contributed by atoms with E-state index in [1.807, 2.05) is 36.4 Å². The molecule has 0 fully saturated rings. The van der Waals surface area contributed by atoms with Crippen molar-refractivity contribution in [2.75, 3.05) is 7.05 Å². The fourth-order valence-electron chi connectivity index (χ4n) is 4.32. The lowest BCUT2D eigenvalue weighted by atomic mass is 9.97. The molecule has 5 nitrogen and oxygen atoms in total. The van der Waals surface area contributed by atoms with Crippen LogP contribution < -0.4 is 0 Å². The molecule has 1 aliphatic rings. The SMILES string of the molecule is CN1C(=O)c2c(c3c4cccc(Cl)c4[nH]c3c3[nH]c4ccccc4c23)C1=O. The monoisotopic (exact) mass is 373 g/mol. The summed E-state index contributed by atoms with van der Waals surface area (Å²) in [7, 11) is 1.53. The van der Waals surface area contributed by atoms with Gasteiger partial charge in [-0.1, -0.05) is 41.9 Å². The van der Waals surface area contributed by atoms with Gasteiger partial charge in [0.25, 0.3) is 11.8 Å². The Labute approximate surface area is 157 Å². The maximum absolute atomic E-state index is 13.0. The molecule has 6 heteroatoms. The Bertz CT molecular complexity index is 1490. The molecule has 2 amide bonds. The number of aromatic nitrogens is 2. The summed E-state index contributed by atoms with van der Waals surface area (Å²) in [6, 6.07) is 13.4. The second-order valence-electron chi connectivity index (χ2n) is 6.88. The van der Waals surface area contributed by atoms with Crippen LogP contribution in [0.2, 0.25) is 5.02 Å². The predicted molar refractivity (Wildman–Crippen MR) is 107 cm³/mol. The molecule has 2 aromatic heterocycles. The number of rotatable bonds is 0. The third-order valence-electron chi connectivity index (χ3n) is 5.53. The number of nitrogens with one attached hydrogen (secondary N) is 2. The van der Waals surface area contributed by atoms with Crippen LogP contribution in [0.15, 0.2) is 42.5 Å². The summed E-state index contributed by atoms with van der Waals surface area (Å²) in [5.74, 6) is -0.559. The number of benzene rings is 3. The molecule has 130 valence electrons. The van der Waals surface area contributed by atoms with Crippen molar-refractivity contribution >= 4 is 67.0 Å². The Morgan fingerprint density at radius 2 is 1.41 bits per heavy atom. The smallest absolute Gasteiger partial charge is 0.262 e. The van der Waals surface area contributed by atoms with Gasteiger partial charge in [0, 0.05) is 34.1 Å². The molecule has 0 saturated carbocycles. The molecule has 3 aromatic carbocycles. The van der Waals surface area contributed by atoms with Gasteiger partial charge in [0.2, 0.25) is 0 Å². The number of nitrogens with zero attached hydrogens (tertiary/aromatic N) is 1. The predicted octanol–water partition coefficient (Wildman–Crippen LogP) is 4.83. The molecule has 0 aliphatic carbocycles. The summed E-state index contributed by atoms with van der Waals surface area (Å²) in [6.45, 7) is 0. The highest BCUT2D eigenvalue weighted by Gasteiger charge is 2.38. The van der Waals surface area contributed by atoms with Gasteiger partial charge in [0.1, 0.15) is 0 Å². The van der Waals surface area contributed by atoms with E-state index in [0.717, 1.165) is 43.6 Å². The minimum atomic E-state index is -0.284. The van der Waals surface area contributed by atoms with Crippen LogP contribution in [0.4, 0.5) is 0 Å². The van der Waals surface area contributed by atoms with Crippen molar-refractivity contribution in [3.8, 4) is 0 Å². The van der Waals surface area contributed by atoms with Crippen LogP contribution in [0.5, 0.6) is 0 Å². The number of hydrogen-bond donors (Lipinski definition) is 2. The number of fused-ring (bicyclic) bond motifs is 10. The second-order valence-corrected chi connectivity index (χ2v) is 7.28. The van der Waals surface area contributed by atoms with Crippen LogP contribution in [0.3, 0.4) is 0 Å². The van der Waals surface area contributed by atoms with Crippen LogP contribution in [-0.2, 0) is 0 Å². The average molecular weight is 374 g/mol. The maximum atomic E-state index is 13.0. The minimum Gasteiger partial charge on any atom is -0.353 e. The van der Waals surface area contributed by atoms with Crippen molar-refractivity contribution in [2.45, 2.75) is 0 Å². The number of halogens is 1. The lowest BCUT2D eigenvalue weighted by Gasteiger charge is -2.03. The molecule has 3 heterocycles. The molecule has 1 aliphatic heterocycles. The van der Waals surface area contributed by atoms with Crippen molar-refractivity contribution in [3.05, 3.63) is 58.6 Å². The van der Waals surface area contributed by atoms with Crippen molar-refractivity contribution in [2.24, 2.45) is 0 Å². The number of hydrogen-bond acceptors (Lipinski definition) is 2. The van der Waals surface area contributed by atoms with Gasteiger partial charge in [0.15, 0.2) is 0 Å². The van der Waals surface area contributed by atoms with E-state index in [-0.39, 0.29) is 11.8 Å². The van der Waals surface area contributed by atoms with E-state index in [9.17, 15) is 9.59 Å². The first kappa shape index (κ1) is 14.8. The van der Waals surface area contributed by atoms with Gasteiger partial charge in [-0.3, -0.25) is 14.5 Å². The van der Waals surface area contributed by atoms with Crippen LogP contribution in [-0.4, -0.2) is 33.7 Å². The van der Waals surface area contributed by atoms with Gasteiger partial charge < -0.3 is 9.97 Å². The van der Waals surface area contributed by atoms with Gasteiger partial charge >= 0.3 is 0 Å². The molecule has 0 atom stereocenters. The van der Waals surface area contributed by atoms with Crippen LogP contribution in [0.25, 0.3) is 43.6 Å². The molecule has 0 bridgehead atoms. The van der Waals surface area contributed by atoms with Crippen LogP contribution in [0.1, 0.15) is 20.7 Å². The largest absolute Gasteiger partial charge is 0.353 e. The molecule has 6 rings (SSSR count). The number of carbonyl (C=O) groups is 2. The van der Waals surface area contributed by atoms with E-state index in [0.29, 0.717) is 16.1 Å². The molecule has 0 spiro atoms. The van der Waals surface area contributed by atoms with E-state index < -0.39 is 0 Å². The number of para-hydroxylation sites is 2. The van der Waals surface area contributed by atoms with Gasteiger partial charge in [-0.05, 0) is 12.1 Å². The first-order valence-corrected chi connectivity index (χ1v) is 8.94. The summed E-state index contributed by atoms with van der Waals surface area (Å²) in [5.41, 5.74) is 4.19. The highest BCUT2D eigenvalue weighted by atomic mass is 35.5. The Kier molecular flexibility index (Phi) is 2.58.